The van der Waals surface area contributed by atoms with Gasteiger partial charge in [-0.25, -0.2) is 23.2 Å². The fourth-order valence-corrected chi connectivity index (χ4v) is 5.27. The van der Waals surface area contributed by atoms with Crippen LogP contribution in [0.5, 0.6) is 0 Å². The Hall–Kier alpha value is -2.56. The molecule has 1 fully saturated rings. The van der Waals surface area contributed by atoms with E-state index in [1.807, 2.05) is 0 Å². The van der Waals surface area contributed by atoms with Gasteiger partial charge in [0.1, 0.15) is 5.82 Å². The van der Waals surface area contributed by atoms with Crippen molar-refractivity contribution in [3.63, 3.8) is 0 Å². The third-order valence-electron chi connectivity index (χ3n) is 5.43. The number of aromatic nitrogens is 3. The van der Waals surface area contributed by atoms with E-state index < -0.39 is 15.8 Å². The van der Waals surface area contributed by atoms with Gasteiger partial charge in [0, 0.05) is 43.9 Å². The van der Waals surface area contributed by atoms with Gasteiger partial charge in [-0.2, -0.15) is 4.31 Å². The molecule has 10 heteroatoms. The topological polar surface area (TPSA) is 119 Å². The molecule has 1 aliphatic heterocycles. The van der Waals surface area contributed by atoms with Crippen LogP contribution in [-0.4, -0.2) is 45.5 Å². The quantitative estimate of drug-likeness (QED) is 0.678. The summed E-state index contributed by atoms with van der Waals surface area (Å²) < 4.78 is 34.0. The number of aliphatic hydroxyl groups excluding tert-OH is 1. The molecule has 3 aromatic rings. The monoisotopic (exact) mass is 418 g/mol. The van der Waals surface area contributed by atoms with Crippen molar-refractivity contribution in [1.82, 2.24) is 18.8 Å². The van der Waals surface area contributed by atoms with Crippen LogP contribution in [0, 0.1) is 6.92 Å². The minimum atomic E-state index is -3.71. The van der Waals surface area contributed by atoms with Crippen molar-refractivity contribution in [2.24, 2.45) is 7.05 Å². The number of aryl methyl sites for hydroxylation is 2. The van der Waals surface area contributed by atoms with E-state index in [1.54, 1.807) is 26.2 Å². The summed E-state index contributed by atoms with van der Waals surface area (Å²) >= 11 is 0. The van der Waals surface area contributed by atoms with Gasteiger partial charge in [0.15, 0.2) is 5.58 Å². The summed E-state index contributed by atoms with van der Waals surface area (Å²) in [7, 11) is -2.13. The van der Waals surface area contributed by atoms with Gasteiger partial charge >= 0.3 is 5.76 Å². The first-order chi connectivity index (χ1) is 13.8. The molecule has 0 saturated carbocycles. The van der Waals surface area contributed by atoms with Crippen LogP contribution in [0.25, 0.3) is 11.1 Å². The predicted octanol–water partition coefficient (Wildman–Crippen LogP) is 1.29. The first kappa shape index (κ1) is 19.7. The van der Waals surface area contributed by atoms with Crippen molar-refractivity contribution in [1.29, 1.82) is 0 Å². The highest BCUT2D eigenvalue weighted by molar-refractivity contribution is 7.89. The first-order valence-electron chi connectivity index (χ1n) is 9.34. The molecular weight excluding hydrogens is 396 g/mol. The number of benzene rings is 1. The normalized spacial score (nSPS) is 16.5. The van der Waals surface area contributed by atoms with Gasteiger partial charge < -0.3 is 9.52 Å². The molecule has 0 spiro atoms. The number of hydrogen-bond acceptors (Lipinski definition) is 7. The Morgan fingerprint density at radius 3 is 2.69 bits per heavy atom. The summed E-state index contributed by atoms with van der Waals surface area (Å²) in [6, 6.07) is 4.48. The van der Waals surface area contributed by atoms with Crippen LogP contribution in [0.15, 0.2) is 38.5 Å². The fraction of sp³-hybridized carbons (Fsp3) is 0.421. The minimum Gasteiger partial charge on any atom is -0.408 e. The van der Waals surface area contributed by atoms with Crippen LogP contribution in [0.2, 0.25) is 0 Å². The molecule has 1 aromatic carbocycles. The number of nitrogens with zero attached hydrogens (tertiary/aromatic N) is 4. The number of sulfonamides is 1. The summed E-state index contributed by atoms with van der Waals surface area (Å²) in [6.07, 6.45) is 2.83. The second-order valence-corrected chi connectivity index (χ2v) is 9.16. The Kier molecular flexibility index (Phi) is 5.01. The maximum absolute atomic E-state index is 13.1. The minimum absolute atomic E-state index is 0.0694. The molecule has 3 heterocycles. The molecular formula is C19H22N4O5S. The summed E-state index contributed by atoms with van der Waals surface area (Å²) in [5.74, 6) is 0.167. The molecule has 0 radical (unpaired) electrons. The molecule has 154 valence electrons. The van der Waals surface area contributed by atoms with Crippen LogP contribution >= 0.6 is 0 Å². The molecule has 0 amide bonds. The summed E-state index contributed by atoms with van der Waals surface area (Å²) in [5, 5.41) is 9.56. The molecule has 1 saturated heterocycles. The number of rotatable bonds is 4. The maximum Gasteiger partial charge on any atom is 0.419 e. The van der Waals surface area contributed by atoms with Crippen LogP contribution in [0.3, 0.4) is 0 Å². The van der Waals surface area contributed by atoms with E-state index in [4.69, 9.17) is 4.42 Å². The number of fused-ring (bicyclic) bond motifs is 1. The molecule has 0 atom stereocenters. The lowest BCUT2D eigenvalue weighted by Gasteiger charge is -2.31. The second kappa shape index (κ2) is 7.36. The molecule has 1 N–H and O–H groups in total. The van der Waals surface area contributed by atoms with Crippen LogP contribution < -0.4 is 5.76 Å². The Balaban J connectivity index is 1.56. The largest absolute Gasteiger partial charge is 0.419 e. The third kappa shape index (κ3) is 3.47. The zero-order valence-corrected chi connectivity index (χ0v) is 17.0. The smallest absolute Gasteiger partial charge is 0.408 e. The van der Waals surface area contributed by atoms with Gasteiger partial charge in [-0.1, -0.05) is 0 Å². The van der Waals surface area contributed by atoms with Crippen LogP contribution in [0.4, 0.5) is 0 Å². The Morgan fingerprint density at radius 2 is 2.00 bits per heavy atom. The summed E-state index contributed by atoms with van der Waals surface area (Å²) in [5.41, 5.74) is 2.27. The first-order valence-corrected chi connectivity index (χ1v) is 10.8. The molecule has 9 nitrogen and oxygen atoms in total. The third-order valence-corrected chi connectivity index (χ3v) is 7.33. The Morgan fingerprint density at radius 1 is 1.28 bits per heavy atom. The SMILES string of the molecule is Cc1ncc(CO)c(C2CCN(S(=O)(=O)c3ccc4c(c3)oc(=O)n4C)CC2)n1. The number of oxazole rings is 1. The number of aliphatic hydroxyl groups is 1. The summed E-state index contributed by atoms with van der Waals surface area (Å²) in [6.45, 7) is 2.34. The molecule has 0 unspecified atom stereocenters. The van der Waals surface area contributed by atoms with Crippen molar-refractivity contribution in [3.05, 3.63) is 52.0 Å². The highest BCUT2D eigenvalue weighted by Crippen LogP contribution is 2.32. The highest BCUT2D eigenvalue weighted by Gasteiger charge is 2.31. The zero-order valence-electron chi connectivity index (χ0n) is 16.2. The average molecular weight is 418 g/mol. The lowest BCUT2D eigenvalue weighted by atomic mass is 9.92. The molecule has 29 heavy (non-hydrogen) atoms. The van der Waals surface area contributed by atoms with E-state index >= 15 is 0 Å². The van der Waals surface area contributed by atoms with E-state index in [-0.39, 0.29) is 23.0 Å². The van der Waals surface area contributed by atoms with Gasteiger partial charge in [-0.3, -0.25) is 4.57 Å². The van der Waals surface area contributed by atoms with Crippen LogP contribution in [-0.2, 0) is 23.7 Å². The van der Waals surface area contributed by atoms with Gasteiger partial charge in [-0.05, 0) is 31.9 Å². The van der Waals surface area contributed by atoms with Gasteiger partial charge in [0.05, 0.1) is 22.7 Å². The average Bonchev–Trinajstić information content (AvgIpc) is 3.01. The highest BCUT2D eigenvalue weighted by atomic mass is 32.2. The van der Waals surface area contributed by atoms with E-state index in [2.05, 4.69) is 9.97 Å². The van der Waals surface area contributed by atoms with E-state index in [0.717, 1.165) is 5.69 Å². The van der Waals surface area contributed by atoms with Crippen molar-refractivity contribution >= 4 is 21.1 Å². The van der Waals surface area contributed by atoms with E-state index in [1.165, 1.54) is 21.0 Å². The standard InChI is InChI=1S/C19H22N4O5S/c1-12-20-10-14(11-24)18(21-12)13-5-7-23(8-6-13)29(26,27)15-3-4-16-17(9-15)28-19(25)22(16)2/h3-4,9-10,13,24H,5-8,11H2,1-2H3. The number of hydrogen-bond donors (Lipinski definition) is 1. The predicted molar refractivity (Wildman–Crippen MR) is 105 cm³/mol. The second-order valence-electron chi connectivity index (χ2n) is 7.22. The van der Waals surface area contributed by atoms with Crippen molar-refractivity contribution in [3.8, 4) is 0 Å². The van der Waals surface area contributed by atoms with Crippen molar-refractivity contribution in [2.75, 3.05) is 13.1 Å². The Labute approximate surface area is 167 Å². The molecule has 2 aromatic heterocycles. The van der Waals surface area contributed by atoms with Gasteiger partial charge in [0.2, 0.25) is 10.0 Å². The fourth-order valence-electron chi connectivity index (χ4n) is 3.78. The van der Waals surface area contributed by atoms with Gasteiger partial charge in [0.25, 0.3) is 0 Å². The molecule has 1 aliphatic rings. The van der Waals surface area contributed by atoms with Crippen LogP contribution in [0.1, 0.15) is 35.8 Å². The Bertz CT molecular complexity index is 1220. The summed E-state index contributed by atoms with van der Waals surface area (Å²) in [4.78, 5) is 20.4. The van der Waals surface area contributed by atoms with Gasteiger partial charge in [-0.15, -0.1) is 0 Å². The maximum atomic E-state index is 13.1. The number of piperidine rings is 1. The molecule has 0 aliphatic carbocycles. The zero-order chi connectivity index (χ0) is 20.8. The lowest BCUT2D eigenvalue weighted by Crippen LogP contribution is -2.38. The van der Waals surface area contributed by atoms with E-state index in [9.17, 15) is 18.3 Å². The molecule has 4 rings (SSSR count). The van der Waals surface area contributed by atoms with Crippen molar-refractivity contribution < 1.29 is 17.9 Å². The lowest BCUT2D eigenvalue weighted by molar-refractivity contribution is 0.272. The van der Waals surface area contributed by atoms with E-state index in [0.29, 0.717) is 42.8 Å². The molecule has 0 bridgehead atoms. The van der Waals surface area contributed by atoms with Crippen molar-refractivity contribution in [2.45, 2.75) is 37.2 Å².